The molecule has 0 fully saturated rings. The number of amidine groups is 1. The van der Waals surface area contributed by atoms with Crippen LogP contribution in [-0.4, -0.2) is 45.0 Å². The summed E-state index contributed by atoms with van der Waals surface area (Å²) in [7, 11) is 0. The van der Waals surface area contributed by atoms with Gasteiger partial charge in [0.25, 0.3) is 0 Å². The van der Waals surface area contributed by atoms with Crippen LogP contribution in [0.5, 0.6) is 0 Å². The highest BCUT2D eigenvalue weighted by atomic mass is 32.2. The fourth-order valence-electron chi connectivity index (χ4n) is 2.86. The van der Waals surface area contributed by atoms with Crippen LogP contribution >= 0.6 is 11.8 Å². The van der Waals surface area contributed by atoms with Crippen LogP contribution in [0.4, 0.5) is 0 Å². The minimum atomic E-state index is 0.00351. The van der Waals surface area contributed by atoms with Crippen molar-refractivity contribution in [1.82, 2.24) is 19.6 Å². The average molecular weight is 327 g/mol. The van der Waals surface area contributed by atoms with Crippen molar-refractivity contribution < 1.29 is 4.79 Å². The summed E-state index contributed by atoms with van der Waals surface area (Å²) in [6.07, 6.45) is 4.05. The lowest BCUT2D eigenvalue weighted by Crippen LogP contribution is -2.33. The van der Waals surface area contributed by atoms with E-state index in [1.165, 1.54) is 0 Å². The third kappa shape index (κ3) is 2.61. The Kier molecular flexibility index (Phi) is 3.57. The van der Waals surface area contributed by atoms with E-state index in [1.807, 2.05) is 29.7 Å². The first-order valence-electron chi connectivity index (χ1n) is 7.58. The highest BCUT2D eigenvalue weighted by Crippen LogP contribution is 2.28. The molecule has 4 rings (SSSR count). The number of nitrogens with zero attached hydrogens (tertiary/aromatic N) is 4. The number of amides is 1. The number of imidazole rings is 1. The van der Waals surface area contributed by atoms with Crippen LogP contribution in [0.1, 0.15) is 11.3 Å². The van der Waals surface area contributed by atoms with Gasteiger partial charge in [-0.15, -0.1) is 0 Å². The average Bonchev–Trinajstić information content (AvgIpc) is 3.22. The van der Waals surface area contributed by atoms with Gasteiger partial charge in [0.2, 0.25) is 5.91 Å². The Labute approximate surface area is 138 Å². The van der Waals surface area contributed by atoms with Crippen molar-refractivity contribution in [3.05, 3.63) is 46.9 Å². The van der Waals surface area contributed by atoms with E-state index < -0.39 is 0 Å². The number of pyridine rings is 1. The molecule has 0 saturated heterocycles. The van der Waals surface area contributed by atoms with Crippen molar-refractivity contribution >= 4 is 28.5 Å². The van der Waals surface area contributed by atoms with Gasteiger partial charge in [-0.3, -0.25) is 9.79 Å². The first-order valence-corrected chi connectivity index (χ1v) is 8.46. The summed E-state index contributed by atoms with van der Waals surface area (Å²) in [4.78, 5) is 23.2. The predicted octanol–water partition coefficient (Wildman–Crippen LogP) is 1.56. The van der Waals surface area contributed by atoms with Gasteiger partial charge in [0.1, 0.15) is 5.65 Å². The molecule has 2 aromatic heterocycles. The normalized spacial score (nSPS) is 16.5. The molecule has 1 N–H and O–H groups in total. The predicted molar refractivity (Wildman–Crippen MR) is 91.3 cm³/mol. The van der Waals surface area contributed by atoms with Crippen molar-refractivity contribution in [2.24, 2.45) is 4.99 Å². The van der Waals surface area contributed by atoms with E-state index in [-0.39, 0.29) is 5.91 Å². The van der Waals surface area contributed by atoms with E-state index in [9.17, 15) is 4.79 Å². The second kappa shape index (κ2) is 5.73. The van der Waals surface area contributed by atoms with Gasteiger partial charge >= 0.3 is 0 Å². The van der Waals surface area contributed by atoms with Crippen LogP contribution in [0.2, 0.25) is 0 Å². The van der Waals surface area contributed by atoms with E-state index in [0.717, 1.165) is 40.9 Å². The molecule has 6 nitrogen and oxygen atoms in total. The van der Waals surface area contributed by atoms with Crippen molar-refractivity contribution in [2.75, 3.05) is 19.6 Å². The maximum absolute atomic E-state index is 12.3. The second-order valence-corrected chi connectivity index (χ2v) is 6.47. The van der Waals surface area contributed by atoms with E-state index in [4.69, 9.17) is 0 Å². The fraction of sp³-hybridized carbons (Fsp3) is 0.312. The zero-order valence-corrected chi connectivity index (χ0v) is 13.6. The lowest BCUT2D eigenvalue weighted by molar-refractivity contribution is -0.120. The molecule has 1 amide bonds. The molecule has 0 bridgehead atoms. The van der Waals surface area contributed by atoms with Crippen molar-refractivity contribution in [1.29, 1.82) is 0 Å². The number of rotatable bonds is 4. The molecule has 23 heavy (non-hydrogen) atoms. The van der Waals surface area contributed by atoms with Gasteiger partial charge in [-0.25, -0.2) is 4.98 Å². The molecule has 0 aromatic carbocycles. The third-order valence-corrected chi connectivity index (χ3v) is 5.01. The summed E-state index contributed by atoms with van der Waals surface area (Å²) in [5.41, 5.74) is 4.03. The zero-order valence-electron chi connectivity index (χ0n) is 12.8. The summed E-state index contributed by atoms with van der Waals surface area (Å²) in [6.45, 7) is 4.32. The van der Waals surface area contributed by atoms with Crippen molar-refractivity contribution in [2.45, 2.75) is 13.3 Å². The lowest BCUT2D eigenvalue weighted by atomic mass is 10.3. The summed E-state index contributed by atoms with van der Waals surface area (Å²) in [5, 5.41) is 6.11. The minimum absolute atomic E-state index is 0.00351. The van der Waals surface area contributed by atoms with Crippen LogP contribution < -0.4 is 5.32 Å². The first-order chi connectivity index (χ1) is 11.2. The molecule has 7 heteroatoms. The number of carbonyl (C=O) groups is 1. The molecular weight excluding hydrogens is 310 g/mol. The Hall–Kier alpha value is -2.28. The Morgan fingerprint density at radius 1 is 1.48 bits per heavy atom. The molecule has 118 valence electrons. The first kappa shape index (κ1) is 14.3. The molecule has 4 heterocycles. The summed E-state index contributed by atoms with van der Waals surface area (Å²) < 4.78 is 1.98. The van der Waals surface area contributed by atoms with E-state index in [1.54, 1.807) is 18.0 Å². The minimum Gasteiger partial charge on any atom is -0.350 e. The number of aromatic nitrogens is 2. The zero-order chi connectivity index (χ0) is 15.8. The molecule has 2 aliphatic heterocycles. The largest absolute Gasteiger partial charge is 0.350 e. The number of thioether (sulfide) groups is 1. The number of fused-ring (bicyclic) bond motifs is 2. The Bertz CT molecular complexity index is 838. The van der Waals surface area contributed by atoms with Crippen molar-refractivity contribution in [3.63, 3.8) is 0 Å². The van der Waals surface area contributed by atoms with Gasteiger partial charge in [0.05, 0.1) is 25.2 Å². The maximum Gasteiger partial charge on any atom is 0.226 e. The molecule has 2 aromatic rings. The lowest BCUT2D eigenvalue weighted by Gasteiger charge is -2.16. The highest BCUT2D eigenvalue weighted by molar-refractivity contribution is 8.16. The summed E-state index contributed by atoms with van der Waals surface area (Å²) >= 11 is 1.63. The number of nitrogens with one attached hydrogen (secondary N) is 1. The van der Waals surface area contributed by atoms with Crippen LogP contribution in [0, 0.1) is 6.92 Å². The fourth-order valence-corrected chi connectivity index (χ4v) is 3.82. The summed E-state index contributed by atoms with van der Waals surface area (Å²) in [6, 6.07) is 3.99. The van der Waals surface area contributed by atoms with Crippen LogP contribution in [-0.2, 0) is 11.2 Å². The number of hydrogen-bond acceptors (Lipinski definition) is 5. The van der Waals surface area contributed by atoms with Gasteiger partial charge in [0, 0.05) is 30.0 Å². The van der Waals surface area contributed by atoms with E-state index in [0.29, 0.717) is 13.0 Å². The molecule has 2 aliphatic rings. The molecule has 0 aliphatic carbocycles. The molecule has 0 unspecified atom stereocenters. The Morgan fingerprint density at radius 2 is 2.39 bits per heavy atom. The smallest absolute Gasteiger partial charge is 0.226 e. The van der Waals surface area contributed by atoms with Crippen LogP contribution in [0.15, 0.2) is 40.6 Å². The van der Waals surface area contributed by atoms with Gasteiger partial charge in [-0.05, 0) is 18.6 Å². The van der Waals surface area contributed by atoms with Crippen LogP contribution in [0.3, 0.4) is 0 Å². The topological polar surface area (TPSA) is 62.0 Å². The number of carbonyl (C=O) groups excluding carboxylic acids is 1. The molecule has 0 radical (unpaired) electrons. The highest BCUT2D eigenvalue weighted by Gasteiger charge is 2.26. The SMILES string of the molecule is Cc1cccn2c(CC(=O)NCC3=CSC4=NCCN34)cnc12. The van der Waals surface area contributed by atoms with E-state index >= 15 is 0 Å². The van der Waals surface area contributed by atoms with Gasteiger partial charge < -0.3 is 14.6 Å². The quantitative estimate of drug-likeness (QED) is 0.926. The third-order valence-electron chi connectivity index (χ3n) is 4.06. The molecule has 0 atom stereocenters. The maximum atomic E-state index is 12.3. The number of hydrogen-bond donors (Lipinski definition) is 1. The van der Waals surface area contributed by atoms with Gasteiger partial charge in [0.15, 0.2) is 5.17 Å². The van der Waals surface area contributed by atoms with Crippen LogP contribution in [0.25, 0.3) is 5.65 Å². The molecular formula is C16H17N5OS. The second-order valence-electron chi connectivity index (χ2n) is 5.63. The molecule has 0 spiro atoms. The standard InChI is InChI=1S/C16H17N5OS/c1-11-3-2-5-20-12(8-19-15(11)20)7-14(22)18-9-13-10-23-16-17-4-6-21(13)16/h2-3,5,8,10H,4,6-7,9H2,1H3,(H,18,22). The van der Waals surface area contributed by atoms with Gasteiger partial charge in [-0.2, -0.15) is 0 Å². The monoisotopic (exact) mass is 327 g/mol. The van der Waals surface area contributed by atoms with Crippen molar-refractivity contribution in [3.8, 4) is 0 Å². The number of aryl methyl sites for hydroxylation is 1. The Balaban J connectivity index is 1.40. The summed E-state index contributed by atoms with van der Waals surface area (Å²) in [5.74, 6) is 0.00351. The Morgan fingerprint density at radius 3 is 3.30 bits per heavy atom. The van der Waals surface area contributed by atoms with Gasteiger partial charge in [-0.1, -0.05) is 17.8 Å². The number of aliphatic imine (C=N–C) groups is 1. The van der Waals surface area contributed by atoms with E-state index in [2.05, 4.69) is 25.6 Å². The molecule has 0 saturated carbocycles.